The third-order valence-electron chi connectivity index (χ3n) is 8.00. The summed E-state index contributed by atoms with van der Waals surface area (Å²) in [5, 5.41) is 11.8. The van der Waals surface area contributed by atoms with Gasteiger partial charge in [0.2, 0.25) is 5.91 Å². The van der Waals surface area contributed by atoms with Gasteiger partial charge in [-0.2, -0.15) is 0 Å². The number of methoxy groups -OCH3 is 1. The molecule has 1 N–H and O–H groups in total. The Bertz CT molecular complexity index is 1430. The Balaban J connectivity index is 1.40. The first-order valence-electron chi connectivity index (χ1n) is 12.6. The summed E-state index contributed by atoms with van der Waals surface area (Å²) in [6, 6.07) is 13.9. The van der Waals surface area contributed by atoms with E-state index in [4.69, 9.17) is 4.74 Å². The number of nitrogens with zero attached hydrogens (tertiary/aromatic N) is 5. The Morgan fingerprint density at radius 2 is 1.70 bits per heavy atom. The Morgan fingerprint density at radius 1 is 1.03 bits per heavy atom. The number of aromatic nitrogens is 3. The van der Waals surface area contributed by atoms with Gasteiger partial charge in [-0.05, 0) is 53.1 Å². The number of ether oxygens (including phenoxy) is 1. The molecule has 2 aliphatic rings. The highest BCUT2D eigenvalue weighted by molar-refractivity contribution is 5.90. The maximum Gasteiger partial charge on any atom is 0.227 e. The summed E-state index contributed by atoms with van der Waals surface area (Å²) in [5.41, 5.74) is 5.36. The Hall–Kier alpha value is -3.75. The third-order valence-corrected chi connectivity index (χ3v) is 8.00. The van der Waals surface area contributed by atoms with Gasteiger partial charge in [0.15, 0.2) is 0 Å². The van der Waals surface area contributed by atoms with Crippen molar-refractivity contribution in [2.75, 3.05) is 33.4 Å². The number of aryl methyl sites for hydroxylation is 1. The number of hydrogen-bond donors (Lipinski definition) is 1. The zero-order chi connectivity index (χ0) is 25.6. The van der Waals surface area contributed by atoms with Crippen LogP contribution in [0.15, 0.2) is 67.3 Å². The van der Waals surface area contributed by atoms with Gasteiger partial charge in [-0.25, -0.2) is 0 Å². The lowest BCUT2D eigenvalue weighted by molar-refractivity contribution is -0.140. The molecule has 1 atom stereocenters. The fraction of sp³-hybridized carbons (Fsp3) is 0.345. The van der Waals surface area contributed by atoms with Crippen LogP contribution < -0.4 is 4.74 Å². The molecule has 0 bridgehead atoms. The molecule has 1 fully saturated rings. The lowest BCUT2D eigenvalue weighted by Crippen LogP contribution is -2.67. The van der Waals surface area contributed by atoms with E-state index in [1.807, 2.05) is 35.2 Å². The number of aliphatic hydroxyl groups is 1. The number of benzene rings is 1. The van der Waals surface area contributed by atoms with Crippen LogP contribution in [0.3, 0.4) is 0 Å². The van der Waals surface area contributed by atoms with Gasteiger partial charge in [0.1, 0.15) is 5.75 Å². The van der Waals surface area contributed by atoms with E-state index in [2.05, 4.69) is 38.6 Å². The lowest BCUT2D eigenvalue weighted by atomic mass is 9.68. The second kappa shape index (κ2) is 9.28. The Morgan fingerprint density at radius 3 is 2.35 bits per heavy atom. The molecule has 1 saturated heterocycles. The predicted octanol–water partition coefficient (Wildman–Crippen LogP) is 2.85. The first-order chi connectivity index (χ1) is 18.0. The van der Waals surface area contributed by atoms with Gasteiger partial charge in [0.05, 0.1) is 31.7 Å². The number of amides is 1. The average molecular weight is 498 g/mol. The molecule has 0 aliphatic carbocycles. The summed E-state index contributed by atoms with van der Waals surface area (Å²) in [6.45, 7) is 2.78. The van der Waals surface area contributed by atoms with E-state index in [0.29, 0.717) is 26.1 Å². The van der Waals surface area contributed by atoms with Crippen LogP contribution in [-0.4, -0.2) is 68.7 Å². The van der Waals surface area contributed by atoms with E-state index in [-0.39, 0.29) is 24.0 Å². The summed E-state index contributed by atoms with van der Waals surface area (Å²) in [5.74, 6) is 0.932. The third kappa shape index (κ3) is 3.97. The van der Waals surface area contributed by atoms with Gasteiger partial charge in [0, 0.05) is 80.6 Å². The van der Waals surface area contributed by atoms with Crippen molar-refractivity contribution in [2.45, 2.75) is 24.4 Å². The molecule has 1 aromatic carbocycles. The molecule has 0 saturated carbocycles. The molecule has 0 radical (unpaired) electrons. The molecule has 190 valence electrons. The van der Waals surface area contributed by atoms with Crippen LogP contribution in [0, 0.1) is 0 Å². The monoisotopic (exact) mass is 497 g/mol. The SMILES string of the molecule is COc1ccc2c3c(n(C)c2c1)[C@@H](CO)N(Cc1ccncc1)CC31CN(C(=O)Cc2ccncc2)C1. The molecular formula is C29H31N5O3. The number of pyridine rings is 2. The van der Waals surface area contributed by atoms with Gasteiger partial charge in [-0.15, -0.1) is 0 Å². The maximum absolute atomic E-state index is 13.2. The maximum atomic E-state index is 13.2. The molecule has 37 heavy (non-hydrogen) atoms. The number of likely N-dealkylation sites (tertiary alicyclic amines) is 1. The molecule has 1 amide bonds. The van der Waals surface area contributed by atoms with Gasteiger partial charge in [-0.3, -0.25) is 19.7 Å². The Kier molecular flexibility index (Phi) is 5.93. The number of aliphatic hydroxyl groups excluding tert-OH is 1. The number of carbonyl (C=O) groups is 1. The first kappa shape index (κ1) is 23.6. The van der Waals surface area contributed by atoms with Crippen molar-refractivity contribution in [3.05, 3.63) is 89.6 Å². The zero-order valence-corrected chi connectivity index (χ0v) is 21.2. The van der Waals surface area contributed by atoms with E-state index < -0.39 is 0 Å². The minimum atomic E-state index is -0.212. The Labute approximate surface area is 216 Å². The van der Waals surface area contributed by atoms with Gasteiger partial charge >= 0.3 is 0 Å². The quantitative estimate of drug-likeness (QED) is 0.441. The standard InChI is InChI=1S/C29H31N5O3/c1-32-24-14-22(37-2)3-4-23(24)27-28(32)25(16-35)33(15-21-7-11-31-12-8-21)17-29(27)18-34(19-29)26(36)13-20-5-9-30-10-6-20/h3-12,14,25,35H,13,15-19H2,1-2H3/t25-/m1/s1. The molecule has 1 spiro atoms. The fourth-order valence-corrected chi connectivity index (χ4v) is 6.26. The summed E-state index contributed by atoms with van der Waals surface area (Å²) in [7, 11) is 3.74. The van der Waals surface area contributed by atoms with E-state index in [1.165, 1.54) is 10.9 Å². The van der Waals surface area contributed by atoms with Crippen LogP contribution in [-0.2, 0) is 30.2 Å². The van der Waals surface area contributed by atoms with Crippen LogP contribution in [0.2, 0.25) is 0 Å². The normalized spacial score (nSPS) is 18.6. The molecular weight excluding hydrogens is 466 g/mol. The van der Waals surface area contributed by atoms with E-state index in [0.717, 1.165) is 34.6 Å². The summed E-state index contributed by atoms with van der Waals surface area (Å²) < 4.78 is 7.73. The van der Waals surface area contributed by atoms with Gasteiger partial charge in [-0.1, -0.05) is 0 Å². The molecule has 4 aromatic rings. The highest BCUT2D eigenvalue weighted by Crippen LogP contribution is 2.50. The van der Waals surface area contributed by atoms with E-state index in [9.17, 15) is 9.90 Å². The molecule has 2 aliphatic heterocycles. The summed E-state index contributed by atoms with van der Waals surface area (Å²) in [4.78, 5) is 25.8. The predicted molar refractivity (Wildman–Crippen MR) is 140 cm³/mol. The van der Waals surface area contributed by atoms with Gasteiger partial charge < -0.3 is 19.3 Å². The second-order valence-corrected chi connectivity index (χ2v) is 10.2. The second-order valence-electron chi connectivity index (χ2n) is 10.2. The highest BCUT2D eigenvalue weighted by atomic mass is 16.5. The molecule has 5 heterocycles. The lowest BCUT2D eigenvalue weighted by Gasteiger charge is -2.56. The molecule has 8 nitrogen and oxygen atoms in total. The van der Waals surface area contributed by atoms with Crippen LogP contribution in [0.5, 0.6) is 5.75 Å². The zero-order valence-electron chi connectivity index (χ0n) is 21.2. The number of fused-ring (bicyclic) bond motifs is 4. The minimum absolute atomic E-state index is 0.0140. The number of rotatable bonds is 6. The topological polar surface area (TPSA) is 83.7 Å². The number of hydrogen-bond acceptors (Lipinski definition) is 6. The van der Waals surface area contributed by atoms with Crippen molar-refractivity contribution in [3.8, 4) is 5.75 Å². The van der Waals surface area contributed by atoms with Crippen molar-refractivity contribution < 1.29 is 14.6 Å². The summed E-state index contributed by atoms with van der Waals surface area (Å²) >= 11 is 0. The van der Waals surface area contributed by atoms with Crippen molar-refractivity contribution in [2.24, 2.45) is 7.05 Å². The van der Waals surface area contributed by atoms with Gasteiger partial charge in [0.25, 0.3) is 0 Å². The van der Waals surface area contributed by atoms with Crippen molar-refractivity contribution in [1.29, 1.82) is 0 Å². The van der Waals surface area contributed by atoms with Crippen molar-refractivity contribution >= 4 is 16.8 Å². The van der Waals surface area contributed by atoms with E-state index in [1.54, 1.807) is 31.9 Å². The van der Waals surface area contributed by atoms with Crippen molar-refractivity contribution in [1.82, 2.24) is 24.3 Å². The average Bonchev–Trinajstić information content (AvgIpc) is 3.20. The van der Waals surface area contributed by atoms with Crippen LogP contribution in [0.1, 0.15) is 28.4 Å². The molecule has 6 rings (SSSR count). The fourth-order valence-electron chi connectivity index (χ4n) is 6.26. The van der Waals surface area contributed by atoms with Crippen molar-refractivity contribution in [3.63, 3.8) is 0 Å². The van der Waals surface area contributed by atoms with Crippen LogP contribution in [0.25, 0.3) is 10.9 Å². The van der Waals surface area contributed by atoms with E-state index >= 15 is 0 Å². The van der Waals surface area contributed by atoms with Crippen LogP contribution in [0.4, 0.5) is 0 Å². The largest absolute Gasteiger partial charge is 0.497 e. The molecule has 8 heteroatoms. The highest BCUT2D eigenvalue weighted by Gasteiger charge is 2.54. The molecule has 0 unspecified atom stereocenters. The smallest absolute Gasteiger partial charge is 0.227 e. The molecule has 3 aromatic heterocycles. The van der Waals surface area contributed by atoms with Crippen LogP contribution >= 0.6 is 0 Å². The summed E-state index contributed by atoms with van der Waals surface area (Å²) in [6.07, 6.45) is 7.44. The minimum Gasteiger partial charge on any atom is -0.497 e. The number of carbonyl (C=O) groups excluding carboxylic acids is 1. The first-order valence-corrected chi connectivity index (χ1v) is 12.6.